The molecule has 2 rings (SSSR count). The number of rotatable bonds is 3. The normalized spacial score (nSPS) is 10.5. The first kappa shape index (κ1) is 13.7. The fourth-order valence-corrected chi connectivity index (χ4v) is 2.02. The average Bonchev–Trinajstić information content (AvgIpc) is 2.75. The number of carbonyl (C=O) groups is 1. The van der Waals surface area contributed by atoms with Crippen LogP contribution in [0.3, 0.4) is 0 Å². The van der Waals surface area contributed by atoms with E-state index < -0.39 is 5.91 Å². The van der Waals surface area contributed by atoms with Crippen LogP contribution in [-0.2, 0) is 6.54 Å². The number of aryl methyl sites for hydroxylation is 1. The van der Waals surface area contributed by atoms with Gasteiger partial charge in [-0.15, -0.1) is 0 Å². The van der Waals surface area contributed by atoms with Crippen LogP contribution in [0, 0.1) is 0 Å². The van der Waals surface area contributed by atoms with Crippen molar-refractivity contribution in [1.82, 2.24) is 9.78 Å². The average molecular weight is 300 g/mol. The van der Waals surface area contributed by atoms with E-state index in [1.165, 1.54) is 29.1 Å². The Morgan fingerprint density at radius 3 is 2.89 bits per heavy atom. The zero-order valence-electron chi connectivity index (χ0n) is 10.0. The molecule has 0 aliphatic heterocycles. The number of phenolic OH excluding ortho intramolecular Hbond substituents is 1. The third-order valence-corrected chi connectivity index (χ3v) is 3.03. The molecular weight excluding hydrogens is 289 g/mol. The Morgan fingerprint density at radius 2 is 2.21 bits per heavy atom. The van der Waals surface area contributed by atoms with E-state index in [2.05, 4.69) is 10.4 Å². The maximum absolute atomic E-state index is 12.1. The van der Waals surface area contributed by atoms with Gasteiger partial charge in [0.1, 0.15) is 11.4 Å². The Kier molecular flexibility index (Phi) is 3.97. The highest BCUT2D eigenvalue weighted by Crippen LogP contribution is 2.27. The van der Waals surface area contributed by atoms with Gasteiger partial charge in [0.15, 0.2) is 0 Å². The first-order valence-corrected chi connectivity index (χ1v) is 6.29. The number of anilines is 1. The van der Waals surface area contributed by atoms with Crippen molar-refractivity contribution < 1.29 is 9.90 Å². The Bertz CT molecular complexity index is 625. The third-order valence-electron chi connectivity index (χ3n) is 2.52. The van der Waals surface area contributed by atoms with E-state index in [9.17, 15) is 9.90 Å². The maximum Gasteiger partial charge on any atom is 0.275 e. The number of carbonyl (C=O) groups excluding carboxylic acids is 1. The molecule has 5 nitrogen and oxygen atoms in total. The van der Waals surface area contributed by atoms with Crippen LogP contribution >= 0.6 is 23.2 Å². The van der Waals surface area contributed by atoms with Gasteiger partial charge >= 0.3 is 0 Å². The topological polar surface area (TPSA) is 67.2 Å². The molecule has 0 unspecified atom stereocenters. The first-order valence-electron chi connectivity index (χ1n) is 5.54. The molecule has 0 fully saturated rings. The summed E-state index contributed by atoms with van der Waals surface area (Å²) in [6.45, 7) is 2.36. The first-order chi connectivity index (χ1) is 9.02. The van der Waals surface area contributed by atoms with Gasteiger partial charge in [-0.05, 0) is 25.1 Å². The standard InChI is InChI=1S/C12H11Cl2N3O2/c1-2-17-11(8(14)6-15-17)12(19)16-9-5-7(13)3-4-10(9)18/h3-6,18H,2H2,1H3,(H,16,19). The number of hydrogen-bond acceptors (Lipinski definition) is 3. The van der Waals surface area contributed by atoms with Crippen molar-refractivity contribution in [2.45, 2.75) is 13.5 Å². The van der Waals surface area contributed by atoms with E-state index in [4.69, 9.17) is 23.2 Å². The number of hydrogen-bond donors (Lipinski definition) is 2. The molecule has 0 bridgehead atoms. The predicted octanol–water partition coefficient (Wildman–Crippen LogP) is 3.17. The molecule has 0 radical (unpaired) electrons. The second kappa shape index (κ2) is 5.50. The van der Waals surface area contributed by atoms with Gasteiger partial charge in [-0.3, -0.25) is 9.48 Å². The maximum atomic E-state index is 12.1. The summed E-state index contributed by atoms with van der Waals surface area (Å²) in [4.78, 5) is 12.1. The molecule has 2 N–H and O–H groups in total. The lowest BCUT2D eigenvalue weighted by molar-refractivity contribution is 0.101. The molecule has 0 saturated carbocycles. The number of nitrogens with zero attached hydrogens (tertiary/aromatic N) is 2. The summed E-state index contributed by atoms with van der Waals surface area (Å²) >= 11 is 11.7. The lowest BCUT2D eigenvalue weighted by Gasteiger charge is -2.09. The van der Waals surface area contributed by atoms with Crippen LogP contribution in [0.25, 0.3) is 0 Å². The van der Waals surface area contributed by atoms with E-state index in [1.807, 2.05) is 6.92 Å². The van der Waals surface area contributed by atoms with Crippen LogP contribution in [0.1, 0.15) is 17.4 Å². The van der Waals surface area contributed by atoms with Crippen LogP contribution in [0.2, 0.25) is 10.0 Å². The van der Waals surface area contributed by atoms with E-state index in [-0.39, 0.29) is 22.2 Å². The lowest BCUT2D eigenvalue weighted by Crippen LogP contribution is -2.17. The van der Waals surface area contributed by atoms with Crippen LogP contribution < -0.4 is 5.32 Å². The van der Waals surface area contributed by atoms with E-state index in [1.54, 1.807) is 0 Å². The van der Waals surface area contributed by atoms with E-state index in [0.29, 0.717) is 11.6 Å². The van der Waals surface area contributed by atoms with Crippen molar-refractivity contribution >= 4 is 34.8 Å². The van der Waals surface area contributed by atoms with Gasteiger partial charge in [-0.2, -0.15) is 5.10 Å². The molecule has 1 aromatic heterocycles. The summed E-state index contributed by atoms with van der Waals surface area (Å²) in [5.41, 5.74) is 0.459. The van der Waals surface area contributed by atoms with Crippen LogP contribution in [0.5, 0.6) is 5.75 Å². The highest BCUT2D eigenvalue weighted by atomic mass is 35.5. The smallest absolute Gasteiger partial charge is 0.275 e. The fourth-order valence-electron chi connectivity index (χ4n) is 1.62. The Balaban J connectivity index is 2.30. The van der Waals surface area contributed by atoms with Gasteiger partial charge in [-0.25, -0.2) is 0 Å². The van der Waals surface area contributed by atoms with Gasteiger partial charge in [0.05, 0.1) is 16.9 Å². The molecule has 0 saturated heterocycles. The van der Waals surface area contributed by atoms with Crippen molar-refractivity contribution in [2.24, 2.45) is 0 Å². The number of benzene rings is 1. The van der Waals surface area contributed by atoms with Crippen LogP contribution in [0.15, 0.2) is 24.4 Å². The molecule has 1 heterocycles. The number of aromatic nitrogens is 2. The second-order valence-electron chi connectivity index (χ2n) is 3.77. The number of phenols is 1. The van der Waals surface area contributed by atoms with Crippen LogP contribution in [0.4, 0.5) is 5.69 Å². The van der Waals surface area contributed by atoms with Crippen molar-refractivity contribution in [3.05, 3.63) is 40.1 Å². The summed E-state index contributed by atoms with van der Waals surface area (Å²) in [5, 5.41) is 16.8. The van der Waals surface area contributed by atoms with Gasteiger partial charge in [0, 0.05) is 11.6 Å². The molecule has 0 aliphatic rings. The van der Waals surface area contributed by atoms with Gasteiger partial charge in [0.2, 0.25) is 0 Å². The third kappa shape index (κ3) is 2.83. The van der Waals surface area contributed by atoms with Gasteiger partial charge in [0.25, 0.3) is 5.91 Å². The second-order valence-corrected chi connectivity index (χ2v) is 4.62. The minimum Gasteiger partial charge on any atom is -0.506 e. The minimum absolute atomic E-state index is 0.0727. The number of amides is 1. The van der Waals surface area contributed by atoms with Crippen LogP contribution in [-0.4, -0.2) is 20.8 Å². The number of halogens is 2. The largest absolute Gasteiger partial charge is 0.506 e. The highest BCUT2D eigenvalue weighted by Gasteiger charge is 2.18. The molecule has 2 aromatic rings. The SMILES string of the molecule is CCn1ncc(Cl)c1C(=O)Nc1cc(Cl)ccc1O. The molecule has 0 atom stereocenters. The summed E-state index contributed by atoms with van der Waals surface area (Å²) in [6.07, 6.45) is 1.40. The monoisotopic (exact) mass is 299 g/mol. The molecule has 100 valence electrons. The van der Waals surface area contributed by atoms with E-state index in [0.717, 1.165) is 0 Å². The molecule has 0 aliphatic carbocycles. The van der Waals surface area contributed by atoms with Gasteiger partial charge < -0.3 is 10.4 Å². The summed E-state index contributed by atoms with van der Waals surface area (Å²) in [5.74, 6) is -0.529. The lowest BCUT2D eigenvalue weighted by atomic mass is 10.2. The molecular formula is C12H11Cl2N3O2. The summed E-state index contributed by atoms with van der Waals surface area (Å²) in [6, 6.07) is 4.38. The number of nitrogens with one attached hydrogen (secondary N) is 1. The highest BCUT2D eigenvalue weighted by molar-refractivity contribution is 6.34. The Hall–Kier alpha value is -1.72. The minimum atomic E-state index is -0.457. The van der Waals surface area contributed by atoms with Crippen molar-refractivity contribution in [3.8, 4) is 5.75 Å². The Labute approximate surface area is 119 Å². The molecule has 1 aromatic carbocycles. The Morgan fingerprint density at radius 1 is 1.47 bits per heavy atom. The van der Waals surface area contributed by atoms with E-state index >= 15 is 0 Å². The zero-order valence-corrected chi connectivity index (χ0v) is 11.5. The van der Waals surface area contributed by atoms with Crippen molar-refractivity contribution in [1.29, 1.82) is 0 Å². The predicted molar refractivity (Wildman–Crippen MR) is 74.0 cm³/mol. The quantitative estimate of drug-likeness (QED) is 0.856. The summed E-state index contributed by atoms with van der Waals surface area (Å²) in [7, 11) is 0. The molecule has 1 amide bonds. The molecule has 0 spiro atoms. The van der Waals surface area contributed by atoms with Crippen molar-refractivity contribution in [3.63, 3.8) is 0 Å². The number of aromatic hydroxyl groups is 1. The van der Waals surface area contributed by atoms with Gasteiger partial charge in [-0.1, -0.05) is 23.2 Å². The summed E-state index contributed by atoms with van der Waals surface area (Å²) < 4.78 is 1.47. The van der Waals surface area contributed by atoms with Crippen molar-refractivity contribution in [2.75, 3.05) is 5.32 Å². The molecule has 19 heavy (non-hydrogen) atoms. The zero-order chi connectivity index (χ0) is 14.0. The molecule has 7 heteroatoms. The fraction of sp³-hybridized carbons (Fsp3) is 0.167.